The Morgan fingerprint density at radius 2 is 2.04 bits per heavy atom. The number of hydrogen-bond donors (Lipinski definition) is 2. The molecule has 0 aliphatic carbocycles. The van der Waals surface area contributed by atoms with Gasteiger partial charge >= 0.3 is 5.97 Å². The van der Waals surface area contributed by atoms with Gasteiger partial charge in [0.2, 0.25) is 0 Å². The van der Waals surface area contributed by atoms with Crippen LogP contribution in [0.5, 0.6) is 0 Å². The van der Waals surface area contributed by atoms with Gasteiger partial charge in [0.05, 0.1) is 4.92 Å². The third-order valence-corrected chi connectivity index (χ3v) is 3.36. The van der Waals surface area contributed by atoms with Crippen LogP contribution in [0.2, 0.25) is 0 Å². The molecule has 0 unspecified atom stereocenters. The summed E-state index contributed by atoms with van der Waals surface area (Å²) in [6.07, 6.45) is 1.37. The number of esters is 1. The Morgan fingerprint density at radius 3 is 2.71 bits per heavy atom. The number of carbonyl (C=O) groups excluding carboxylic acids is 2. The molecule has 0 aromatic heterocycles. The maximum Gasteiger partial charge on any atom is 0.306 e. The molecule has 0 bridgehead atoms. The summed E-state index contributed by atoms with van der Waals surface area (Å²) in [7, 11) is 0. The molecule has 1 aromatic carbocycles. The zero-order valence-corrected chi connectivity index (χ0v) is 13.9. The number of amides is 1. The van der Waals surface area contributed by atoms with Crippen molar-refractivity contribution in [2.24, 2.45) is 0 Å². The Bertz CT molecular complexity index is 577. The summed E-state index contributed by atoms with van der Waals surface area (Å²) in [5.41, 5.74) is 0.394. The lowest BCUT2D eigenvalue weighted by Gasteiger charge is -2.11. The van der Waals surface area contributed by atoms with E-state index in [-0.39, 0.29) is 30.7 Å². The molecule has 0 aliphatic heterocycles. The highest BCUT2D eigenvalue weighted by atomic mass is 16.6. The second kappa shape index (κ2) is 10.2. The van der Waals surface area contributed by atoms with E-state index in [0.717, 1.165) is 6.42 Å². The van der Waals surface area contributed by atoms with E-state index in [9.17, 15) is 19.7 Å². The number of ether oxygens (including phenoxy) is 1. The number of rotatable bonds is 10. The summed E-state index contributed by atoms with van der Waals surface area (Å²) in [5.74, 6) is -0.797. The van der Waals surface area contributed by atoms with Crippen LogP contribution in [0.3, 0.4) is 0 Å². The molecule has 0 spiro atoms. The van der Waals surface area contributed by atoms with Crippen LogP contribution < -0.4 is 10.6 Å². The van der Waals surface area contributed by atoms with Crippen LogP contribution in [0, 0.1) is 10.1 Å². The minimum Gasteiger partial charge on any atom is -0.456 e. The summed E-state index contributed by atoms with van der Waals surface area (Å²) < 4.78 is 4.88. The molecule has 1 amide bonds. The maximum atomic E-state index is 11.6. The van der Waals surface area contributed by atoms with Gasteiger partial charge in [0, 0.05) is 25.1 Å². The fourth-order valence-electron chi connectivity index (χ4n) is 1.87. The van der Waals surface area contributed by atoms with Gasteiger partial charge in [0.15, 0.2) is 6.61 Å². The Balaban J connectivity index is 2.25. The smallest absolute Gasteiger partial charge is 0.306 e. The van der Waals surface area contributed by atoms with Gasteiger partial charge < -0.3 is 15.4 Å². The van der Waals surface area contributed by atoms with E-state index >= 15 is 0 Å². The molecule has 0 fully saturated rings. The number of carbonyl (C=O) groups is 2. The molecule has 0 radical (unpaired) electrons. The van der Waals surface area contributed by atoms with E-state index in [4.69, 9.17) is 4.74 Å². The SMILES string of the molecule is CC[C@@H](C)NC(=O)COC(=O)CCCNc1ccccc1[N+](=O)[O-]. The zero-order chi connectivity index (χ0) is 17.9. The van der Waals surface area contributed by atoms with Crippen LogP contribution in [0.1, 0.15) is 33.1 Å². The first-order valence-electron chi connectivity index (χ1n) is 7.86. The van der Waals surface area contributed by atoms with Crippen LogP contribution in [0.15, 0.2) is 24.3 Å². The van der Waals surface area contributed by atoms with E-state index < -0.39 is 10.9 Å². The van der Waals surface area contributed by atoms with Crippen molar-refractivity contribution < 1.29 is 19.2 Å². The second-order valence-corrected chi connectivity index (χ2v) is 5.34. The van der Waals surface area contributed by atoms with Gasteiger partial charge in [0.25, 0.3) is 11.6 Å². The first kappa shape index (κ1) is 19.4. The number of anilines is 1. The lowest BCUT2D eigenvalue weighted by atomic mass is 10.2. The Labute approximate surface area is 140 Å². The number of nitrogens with zero attached hydrogens (tertiary/aromatic N) is 1. The molecular weight excluding hydrogens is 314 g/mol. The van der Waals surface area contributed by atoms with E-state index in [1.54, 1.807) is 18.2 Å². The molecule has 1 rings (SSSR count). The molecule has 8 heteroatoms. The summed E-state index contributed by atoms with van der Waals surface area (Å²) >= 11 is 0. The molecule has 24 heavy (non-hydrogen) atoms. The van der Waals surface area contributed by atoms with Gasteiger partial charge in [0.1, 0.15) is 5.69 Å². The average molecular weight is 337 g/mol. The van der Waals surface area contributed by atoms with Crippen LogP contribution >= 0.6 is 0 Å². The first-order valence-corrected chi connectivity index (χ1v) is 7.86. The number of para-hydroxylation sites is 2. The summed E-state index contributed by atoms with van der Waals surface area (Å²) in [6, 6.07) is 6.34. The van der Waals surface area contributed by atoms with E-state index in [0.29, 0.717) is 18.7 Å². The van der Waals surface area contributed by atoms with E-state index in [1.165, 1.54) is 6.07 Å². The van der Waals surface area contributed by atoms with Crippen molar-refractivity contribution in [3.05, 3.63) is 34.4 Å². The van der Waals surface area contributed by atoms with Crippen molar-refractivity contribution in [3.63, 3.8) is 0 Å². The fourth-order valence-corrected chi connectivity index (χ4v) is 1.87. The fraction of sp³-hybridized carbons (Fsp3) is 0.500. The van der Waals surface area contributed by atoms with E-state index in [1.807, 2.05) is 13.8 Å². The van der Waals surface area contributed by atoms with Gasteiger partial charge in [-0.15, -0.1) is 0 Å². The second-order valence-electron chi connectivity index (χ2n) is 5.34. The molecule has 0 aliphatic rings. The summed E-state index contributed by atoms with van der Waals surface area (Å²) in [4.78, 5) is 33.4. The molecule has 132 valence electrons. The van der Waals surface area contributed by atoms with Crippen molar-refractivity contribution in [2.75, 3.05) is 18.5 Å². The van der Waals surface area contributed by atoms with Crippen molar-refractivity contribution >= 4 is 23.3 Å². The van der Waals surface area contributed by atoms with Crippen LogP contribution in [-0.4, -0.2) is 36.0 Å². The number of nitro groups is 1. The van der Waals surface area contributed by atoms with E-state index in [2.05, 4.69) is 10.6 Å². The molecule has 0 heterocycles. The Hall–Kier alpha value is -2.64. The molecule has 0 saturated carbocycles. The highest BCUT2D eigenvalue weighted by Crippen LogP contribution is 2.22. The number of nitrogens with one attached hydrogen (secondary N) is 2. The largest absolute Gasteiger partial charge is 0.456 e. The molecule has 2 N–H and O–H groups in total. The minimum absolute atomic E-state index is 0.0122. The predicted octanol–water partition coefficient (Wildman–Crippen LogP) is 2.24. The minimum atomic E-state index is -0.473. The van der Waals surface area contributed by atoms with Crippen LogP contribution in [0.25, 0.3) is 0 Å². The maximum absolute atomic E-state index is 11.6. The third-order valence-electron chi connectivity index (χ3n) is 3.36. The standard InChI is InChI=1S/C16H23N3O5/c1-3-12(2)18-15(20)11-24-16(21)9-6-10-17-13-7-4-5-8-14(13)19(22)23/h4-5,7-8,12,17H,3,6,9-11H2,1-2H3,(H,18,20)/t12-/m1/s1. The Kier molecular flexibility index (Phi) is 8.24. The Morgan fingerprint density at radius 1 is 1.33 bits per heavy atom. The summed E-state index contributed by atoms with van der Waals surface area (Å²) in [6.45, 7) is 3.91. The number of nitro benzene ring substituents is 1. The summed E-state index contributed by atoms with van der Waals surface area (Å²) in [5, 5.41) is 16.5. The lowest BCUT2D eigenvalue weighted by Crippen LogP contribution is -2.35. The lowest BCUT2D eigenvalue weighted by molar-refractivity contribution is -0.384. The topological polar surface area (TPSA) is 111 Å². The van der Waals surface area contributed by atoms with Crippen molar-refractivity contribution in [1.82, 2.24) is 5.32 Å². The predicted molar refractivity (Wildman–Crippen MR) is 89.7 cm³/mol. The third kappa shape index (κ3) is 7.08. The molecule has 1 atom stereocenters. The van der Waals surface area contributed by atoms with Crippen LogP contribution in [-0.2, 0) is 14.3 Å². The number of hydrogen-bond acceptors (Lipinski definition) is 6. The van der Waals surface area contributed by atoms with Gasteiger partial charge in [-0.3, -0.25) is 19.7 Å². The normalized spacial score (nSPS) is 11.4. The quantitative estimate of drug-likeness (QED) is 0.293. The van der Waals surface area contributed by atoms with Crippen LogP contribution in [0.4, 0.5) is 11.4 Å². The van der Waals surface area contributed by atoms with Crippen molar-refractivity contribution in [1.29, 1.82) is 0 Å². The zero-order valence-electron chi connectivity index (χ0n) is 13.9. The molecule has 8 nitrogen and oxygen atoms in total. The molecular formula is C16H23N3O5. The highest BCUT2D eigenvalue weighted by Gasteiger charge is 2.12. The van der Waals surface area contributed by atoms with Crippen molar-refractivity contribution in [2.45, 2.75) is 39.2 Å². The molecule has 1 aromatic rings. The van der Waals surface area contributed by atoms with Gasteiger partial charge in [-0.1, -0.05) is 19.1 Å². The van der Waals surface area contributed by atoms with Gasteiger partial charge in [-0.25, -0.2) is 0 Å². The van der Waals surface area contributed by atoms with Crippen molar-refractivity contribution in [3.8, 4) is 0 Å². The number of benzene rings is 1. The van der Waals surface area contributed by atoms with Gasteiger partial charge in [-0.05, 0) is 25.8 Å². The monoisotopic (exact) mass is 337 g/mol. The van der Waals surface area contributed by atoms with Gasteiger partial charge in [-0.2, -0.15) is 0 Å². The molecule has 0 saturated heterocycles. The first-order chi connectivity index (χ1) is 11.4. The average Bonchev–Trinajstić information content (AvgIpc) is 2.57. The highest BCUT2D eigenvalue weighted by molar-refractivity contribution is 5.80.